The third-order valence-corrected chi connectivity index (χ3v) is 4.33. The van der Waals surface area contributed by atoms with Gasteiger partial charge in [0.25, 0.3) is 0 Å². The highest BCUT2D eigenvalue weighted by atomic mass is 32.1. The SMILES string of the molecule is CC(=O)C1=C(C(F)(F)F)N(c2ccccc2)C(=S)N[C@@H]1c1ccccc1. The maximum atomic E-state index is 14.0. The molecular weight excluding hydrogens is 361 g/mol. The van der Waals surface area contributed by atoms with Crippen molar-refractivity contribution in [2.45, 2.75) is 19.1 Å². The summed E-state index contributed by atoms with van der Waals surface area (Å²) in [5.41, 5.74) is -0.632. The van der Waals surface area contributed by atoms with Gasteiger partial charge in [0.2, 0.25) is 0 Å². The molecule has 0 radical (unpaired) electrons. The van der Waals surface area contributed by atoms with Crippen molar-refractivity contribution in [1.29, 1.82) is 0 Å². The second kappa shape index (κ2) is 6.92. The van der Waals surface area contributed by atoms with E-state index in [0.717, 1.165) is 11.8 Å². The molecule has 2 aromatic rings. The predicted octanol–water partition coefficient (Wildman–Crippen LogP) is 4.53. The van der Waals surface area contributed by atoms with Crippen LogP contribution in [0.2, 0.25) is 0 Å². The van der Waals surface area contributed by atoms with E-state index in [1.54, 1.807) is 48.5 Å². The first kappa shape index (κ1) is 18.1. The maximum absolute atomic E-state index is 14.0. The lowest BCUT2D eigenvalue weighted by Crippen LogP contribution is -2.51. The van der Waals surface area contributed by atoms with Crippen LogP contribution >= 0.6 is 12.2 Å². The number of benzene rings is 2. The van der Waals surface area contributed by atoms with Crippen LogP contribution in [0.15, 0.2) is 71.9 Å². The molecule has 0 saturated carbocycles. The zero-order valence-electron chi connectivity index (χ0n) is 13.7. The number of hydrogen-bond acceptors (Lipinski definition) is 2. The molecule has 2 aromatic carbocycles. The maximum Gasteiger partial charge on any atom is 0.432 e. The first-order chi connectivity index (χ1) is 12.3. The van der Waals surface area contributed by atoms with Crippen molar-refractivity contribution >= 4 is 28.8 Å². The summed E-state index contributed by atoms with van der Waals surface area (Å²) >= 11 is 5.24. The molecular formula is C19H15F3N2OS. The molecule has 1 heterocycles. The number of carbonyl (C=O) groups is 1. The number of alkyl halides is 3. The van der Waals surface area contributed by atoms with E-state index >= 15 is 0 Å². The number of Topliss-reactive ketones (excluding diaryl/α,β-unsaturated/α-hetero) is 1. The zero-order valence-corrected chi connectivity index (χ0v) is 14.6. The minimum absolute atomic E-state index is 0.109. The van der Waals surface area contributed by atoms with E-state index in [1.807, 2.05) is 0 Å². The van der Waals surface area contributed by atoms with Crippen LogP contribution in [0.25, 0.3) is 0 Å². The summed E-state index contributed by atoms with van der Waals surface area (Å²) in [6.07, 6.45) is -4.75. The highest BCUT2D eigenvalue weighted by Crippen LogP contribution is 2.41. The Kier molecular flexibility index (Phi) is 4.82. The van der Waals surface area contributed by atoms with Crippen LogP contribution in [-0.4, -0.2) is 17.1 Å². The molecule has 1 N–H and O–H groups in total. The summed E-state index contributed by atoms with van der Waals surface area (Å²) in [6.45, 7) is 1.14. The lowest BCUT2D eigenvalue weighted by Gasteiger charge is -2.39. The largest absolute Gasteiger partial charge is 0.432 e. The molecule has 3 rings (SSSR count). The van der Waals surface area contributed by atoms with Crippen molar-refractivity contribution in [2.24, 2.45) is 0 Å². The van der Waals surface area contributed by atoms with Crippen molar-refractivity contribution in [3.05, 3.63) is 77.5 Å². The second-order valence-corrected chi connectivity index (χ2v) is 6.17. The van der Waals surface area contributed by atoms with Crippen LogP contribution in [0, 0.1) is 0 Å². The van der Waals surface area contributed by atoms with Crippen molar-refractivity contribution in [2.75, 3.05) is 4.90 Å². The minimum atomic E-state index is -4.75. The summed E-state index contributed by atoms with van der Waals surface area (Å²) in [7, 11) is 0. The average molecular weight is 376 g/mol. The molecule has 1 aliphatic rings. The van der Waals surface area contributed by atoms with Crippen molar-refractivity contribution < 1.29 is 18.0 Å². The van der Waals surface area contributed by atoms with E-state index in [-0.39, 0.29) is 16.4 Å². The number of allylic oxidation sites excluding steroid dienone is 1. The molecule has 0 bridgehead atoms. The van der Waals surface area contributed by atoms with Gasteiger partial charge in [-0.25, -0.2) is 0 Å². The molecule has 0 fully saturated rings. The van der Waals surface area contributed by atoms with E-state index in [1.165, 1.54) is 12.1 Å². The van der Waals surface area contributed by atoms with Gasteiger partial charge in [0.1, 0.15) is 5.70 Å². The van der Waals surface area contributed by atoms with Crippen molar-refractivity contribution in [1.82, 2.24) is 5.32 Å². The van der Waals surface area contributed by atoms with Crippen molar-refractivity contribution in [3.63, 3.8) is 0 Å². The van der Waals surface area contributed by atoms with Gasteiger partial charge in [0.05, 0.1) is 11.6 Å². The predicted molar refractivity (Wildman–Crippen MR) is 97.6 cm³/mol. The fourth-order valence-electron chi connectivity index (χ4n) is 2.99. The number of anilines is 1. The number of rotatable bonds is 3. The minimum Gasteiger partial charge on any atom is -0.351 e. The van der Waals surface area contributed by atoms with Gasteiger partial charge in [-0.3, -0.25) is 9.69 Å². The fourth-order valence-corrected chi connectivity index (χ4v) is 3.30. The van der Waals surface area contributed by atoms with Gasteiger partial charge in [-0.1, -0.05) is 48.5 Å². The van der Waals surface area contributed by atoms with E-state index in [0.29, 0.717) is 5.56 Å². The lowest BCUT2D eigenvalue weighted by atomic mass is 9.91. The summed E-state index contributed by atoms with van der Waals surface area (Å²) in [6, 6.07) is 15.5. The van der Waals surface area contributed by atoms with Gasteiger partial charge >= 0.3 is 6.18 Å². The van der Waals surface area contributed by atoms with E-state index < -0.39 is 23.7 Å². The molecule has 0 unspecified atom stereocenters. The normalized spacial score (nSPS) is 17.9. The number of ketones is 1. The lowest BCUT2D eigenvalue weighted by molar-refractivity contribution is -0.116. The zero-order chi connectivity index (χ0) is 18.9. The Hall–Kier alpha value is -2.67. The Morgan fingerprint density at radius 2 is 1.58 bits per heavy atom. The smallest absolute Gasteiger partial charge is 0.351 e. The van der Waals surface area contributed by atoms with E-state index in [2.05, 4.69) is 5.32 Å². The van der Waals surface area contributed by atoms with Gasteiger partial charge in [-0.05, 0) is 36.8 Å². The molecule has 134 valence electrons. The summed E-state index contributed by atoms with van der Waals surface area (Å²) < 4.78 is 42.0. The first-order valence-electron chi connectivity index (χ1n) is 7.83. The Balaban J connectivity index is 2.28. The summed E-state index contributed by atoms with van der Waals surface area (Å²) in [4.78, 5) is 13.1. The second-order valence-electron chi connectivity index (χ2n) is 5.78. The van der Waals surface area contributed by atoms with Crippen LogP contribution < -0.4 is 10.2 Å². The monoisotopic (exact) mass is 376 g/mol. The van der Waals surface area contributed by atoms with E-state index in [9.17, 15) is 18.0 Å². The highest BCUT2D eigenvalue weighted by molar-refractivity contribution is 7.80. The molecule has 0 amide bonds. The van der Waals surface area contributed by atoms with Gasteiger partial charge in [0, 0.05) is 5.69 Å². The number of nitrogens with one attached hydrogen (secondary N) is 1. The number of thiocarbonyl (C=S) groups is 1. The summed E-state index contributed by atoms with van der Waals surface area (Å²) in [5, 5.41) is 2.78. The number of halogens is 3. The third-order valence-electron chi connectivity index (χ3n) is 4.03. The number of hydrogen-bond donors (Lipinski definition) is 1. The van der Waals surface area contributed by atoms with Crippen LogP contribution in [0.5, 0.6) is 0 Å². The number of para-hydroxylation sites is 1. The highest BCUT2D eigenvalue weighted by Gasteiger charge is 2.48. The van der Waals surface area contributed by atoms with E-state index in [4.69, 9.17) is 12.2 Å². The molecule has 3 nitrogen and oxygen atoms in total. The number of nitrogens with zero attached hydrogens (tertiary/aromatic N) is 1. The van der Waals surface area contributed by atoms with Crippen molar-refractivity contribution in [3.8, 4) is 0 Å². The standard InChI is InChI=1S/C19H15F3N2OS/c1-12(25)15-16(13-8-4-2-5-9-13)23-18(26)24(17(15)19(20,21)22)14-10-6-3-7-11-14/h2-11,16H,1H3,(H,23,26)/t16-/m1/s1. The fraction of sp³-hybridized carbons (Fsp3) is 0.158. The van der Waals surface area contributed by atoms with Gasteiger partial charge < -0.3 is 5.32 Å². The van der Waals surface area contributed by atoms with Crippen LogP contribution in [-0.2, 0) is 4.79 Å². The van der Waals surface area contributed by atoms with Crippen LogP contribution in [0.4, 0.5) is 18.9 Å². The van der Waals surface area contributed by atoms with Gasteiger partial charge in [-0.2, -0.15) is 13.2 Å². The Morgan fingerprint density at radius 1 is 1.04 bits per heavy atom. The Morgan fingerprint density at radius 3 is 2.08 bits per heavy atom. The topological polar surface area (TPSA) is 32.3 Å². The van der Waals surface area contributed by atoms with Gasteiger partial charge in [0.15, 0.2) is 10.9 Å². The molecule has 7 heteroatoms. The summed E-state index contributed by atoms with van der Waals surface area (Å²) in [5.74, 6) is -0.665. The molecule has 0 spiro atoms. The molecule has 26 heavy (non-hydrogen) atoms. The first-order valence-corrected chi connectivity index (χ1v) is 8.24. The molecule has 0 aliphatic carbocycles. The average Bonchev–Trinajstić information content (AvgIpc) is 2.61. The molecule has 0 aromatic heterocycles. The Labute approximate surface area is 154 Å². The quantitative estimate of drug-likeness (QED) is 0.798. The van der Waals surface area contributed by atoms with Crippen LogP contribution in [0.3, 0.4) is 0 Å². The number of carbonyl (C=O) groups excluding carboxylic acids is 1. The van der Waals surface area contributed by atoms with Gasteiger partial charge in [-0.15, -0.1) is 0 Å². The molecule has 0 saturated heterocycles. The Bertz CT molecular complexity index is 863. The molecule has 1 atom stereocenters. The van der Waals surface area contributed by atoms with Crippen LogP contribution in [0.1, 0.15) is 18.5 Å². The molecule has 1 aliphatic heterocycles. The third kappa shape index (κ3) is 3.35.